The maximum absolute atomic E-state index is 11.9. The lowest BCUT2D eigenvalue weighted by Gasteiger charge is -2.07. The third-order valence-electron chi connectivity index (χ3n) is 2.35. The smallest absolute Gasteiger partial charge is 0.264 e. The summed E-state index contributed by atoms with van der Waals surface area (Å²) < 4.78 is 0.679. The van der Waals surface area contributed by atoms with Crippen LogP contribution >= 0.6 is 33.9 Å². The van der Waals surface area contributed by atoms with Gasteiger partial charge < -0.3 is 4.98 Å². The van der Waals surface area contributed by atoms with E-state index < -0.39 is 0 Å². The minimum atomic E-state index is -0.0795. The molecule has 0 aliphatic carbocycles. The van der Waals surface area contributed by atoms with Crippen molar-refractivity contribution in [3.05, 3.63) is 30.7 Å². The molecule has 0 atom stereocenters. The summed E-state index contributed by atoms with van der Waals surface area (Å²) in [5.74, 6) is 1.05. The molecule has 0 unspecified atom stereocenters. The molecule has 2 heterocycles. The van der Waals surface area contributed by atoms with Crippen LogP contribution in [-0.4, -0.2) is 15.0 Å². The third kappa shape index (κ3) is 2.97. The number of rotatable bonds is 3. The van der Waals surface area contributed by atoms with E-state index in [1.807, 2.05) is 12.3 Å². The first kappa shape index (κ1) is 13.7. The number of aryl methyl sites for hydroxylation is 1. The molecule has 2 aromatic rings. The average Bonchev–Trinajstić information content (AvgIpc) is 2.70. The Bertz CT molecular complexity index is 618. The molecule has 0 amide bonds. The number of hydrogen-bond donors (Lipinski definition) is 1. The lowest BCUT2D eigenvalue weighted by molar-refractivity contribution is 0.631. The molecule has 4 nitrogen and oxygen atoms in total. The predicted octanol–water partition coefficient (Wildman–Crippen LogP) is 3.00. The second kappa shape index (κ2) is 5.48. The summed E-state index contributed by atoms with van der Waals surface area (Å²) in [6, 6.07) is 0. The summed E-state index contributed by atoms with van der Waals surface area (Å²) >= 11 is 3.55. The normalized spacial score (nSPS) is 11.2. The van der Waals surface area contributed by atoms with Gasteiger partial charge in [-0.2, -0.15) is 0 Å². The van der Waals surface area contributed by atoms with E-state index in [9.17, 15) is 4.79 Å². The highest BCUT2D eigenvalue weighted by Gasteiger charge is 2.13. The van der Waals surface area contributed by atoms with Crippen molar-refractivity contribution in [3.63, 3.8) is 0 Å². The van der Waals surface area contributed by atoms with E-state index in [0.717, 1.165) is 22.8 Å². The Hall–Kier alpha value is -0.760. The number of nitrogens with zero attached hydrogens (tertiary/aromatic N) is 2. The molecule has 0 saturated carbocycles. The highest BCUT2D eigenvalue weighted by atomic mass is 127. The van der Waals surface area contributed by atoms with Gasteiger partial charge in [0.1, 0.15) is 0 Å². The second-order valence-corrected chi connectivity index (χ2v) is 6.50. The number of H-pyrrole nitrogens is 1. The van der Waals surface area contributed by atoms with Gasteiger partial charge in [-0.05, 0) is 41.9 Å². The SMILES string of the molecule is Cc1csc(-c2nc(CC(C)C)c(I)c(=O)[nH]2)n1. The van der Waals surface area contributed by atoms with Crippen LogP contribution in [0.1, 0.15) is 25.2 Å². The average molecular weight is 375 g/mol. The summed E-state index contributed by atoms with van der Waals surface area (Å²) in [6.45, 7) is 6.16. The first-order valence-corrected chi connectivity index (χ1v) is 7.64. The predicted molar refractivity (Wildman–Crippen MR) is 82.0 cm³/mol. The first-order chi connectivity index (χ1) is 8.47. The van der Waals surface area contributed by atoms with Crippen molar-refractivity contribution in [1.29, 1.82) is 0 Å². The van der Waals surface area contributed by atoms with Crippen molar-refractivity contribution in [2.45, 2.75) is 27.2 Å². The van der Waals surface area contributed by atoms with Gasteiger partial charge in [0.15, 0.2) is 10.8 Å². The number of hydrogen-bond acceptors (Lipinski definition) is 4. The van der Waals surface area contributed by atoms with Crippen LogP contribution in [0.4, 0.5) is 0 Å². The molecule has 0 fully saturated rings. The Morgan fingerprint density at radius 1 is 1.44 bits per heavy atom. The molecular weight excluding hydrogens is 361 g/mol. The summed E-state index contributed by atoms with van der Waals surface area (Å²) in [5.41, 5.74) is 1.72. The quantitative estimate of drug-likeness (QED) is 0.840. The van der Waals surface area contributed by atoms with Gasteiger partial charge in [-0.1, -0.05) is 13.8 Å². The molecule has 0 aromatic carbocycles. The Morgan fingerprint density at radius 2 is 2.17 bits per heavy atom. The van der Waals surface area contributed by atoms with Crippen LogP contribution in [0.25, 0.3) is 10.8 Å². The molecule has 0 saturated heterocycles. The van der Waals surface area contributed by atoms with Crippen molar-refractivity contribution in [3.8, 4) is 10.8 Å². The highest BCUT2D eigenvalue weighted by molar-refractivity contribution is 14.1. The van der Waals surface area contributed by atoms with Crippen molar-refractivity contribution in [2.75, 3.05) is 0 Å². The summed E-state index contributed by atoms with van der Waals surface area (Å²) in [6.07, 6.45) is 0.805. The first-order valence-electron chi connectivity index (χ1n) is 5.68. The minimum absolute atomic E-state index is 0.0795. The monoisotopic (exact) mass is 375 g/mol. The molecule has 2 aromatic heterocycles. The number of halogens is 1. The molecule has 0 spiro atoms. The molecule has 1 N–H and O–H groups in total. The maximum Gasteiger partial charge on any atom is 0.264 e. The molecule has 6 heteroatoms. The molecule has 0 aliphatic rings. The minimum Gasteiger partial charge on any atom is -0.304 e. The van der Waals surface area contributed by atoms with Gasteiger partial charge in [-0.3, -0.25) is 4.79 Å². The van der Waals surface area contributed by atoms with Crippen LogP contribution in [-0.2, 0) is 6.42 Å². The maximum atomic E-state index is 11.9. The van der Waals surface area contributed by atoms with Crippen LogP contribution in [0, 0.1) is 16.4 Å². The van der Waals surface area contributed by atoms with Gasteiger partial charge in [-0.15, -0.1) is 11.3 Å². The highest BCUT2D eigenvalue weighted by Crippen LogP contribution is 2.20. The summed E-state index contributed by atoms with van der Waals surface area (Å²) in [7, 11) is 0. The van der Waals surface area contributed by atoms with E-state index in [4.69, 9.17) is 0 Å². The van der Waals surface area contributed by atoms with E-state index in [-0.39, 0.29) is 5.56 Å². The lowest BCUT2D eigenvalue weighted by atomic mass is 10.1. The molecule has 0 aliphatic heterocycles. The third-order valence-corrected chi connectivity index (χ3v) is 4.43. The van der Waals surface area contributed by atoms with E-state index in [1.54, 1.807) is 0 Å². The van der Waals surface area contributed by atoms with Gasteiger partial charge in [0.25, 0.3) is 5.56 Å². The van der Waals surface area contributed by atoms with E-state index in [2.05, 4.69) is 51.4 Å². The van der Waals surface area contributed by atoms with Crippen LogP contribution in [0.15, 0.2) is 10.2 Å². The fourth-order valence-electron chi connectivity index (χ4n) is 1.59. The topological polar surface area (TPSA) is 58.6 Å². The van der Waals surface area contributed by atoms with Gasteiger partial charge in [0, 0.05) is 11.1 Å². The number of aromatic nitrogens is 3. The molecular formula is C12H14IN3OS. The van der Waals surface area contributed by atoms with Crippen molar-refractivity contribution in [1.82, 2.24) is 15.0 Å². The van der Waals surface area contributed by atoms with E-state index in [0.29, 0.717) is 15.3 Å². The molecule has 96 valence electrons. The van der Waals surface area contributed by atoms with E-state index >= 15 is 0 Å². The Kier molecular flexibility index (Phi) is 4.16. The van der Waals surface area contributed by atoms with Crippen LogP contribution in [0.5, 0.6) is 0 Å². The van der Waals surface area contributed by atoms with E-state index in [1.165, 1.54) is 11.3 Å². The summed E-state index contributed by atoms with van der Waals surface area (Å²) in [5, 5.41) is 2.72. The standard InChI is InChI=1S/C12H14IN3OS/c1-6(2)4-8-9(13)11(17)16-10(15-8)12-14-7(3)5-18-12/h5-6H,4H2,1-3H3,(H,15,16,17). The molecule has 0 bridgehead atoms. The zero-order chi connectivity index (χ0) is 13.3. The van der Waals surface area contributed by atoms with Gasteiger partial charge in [-0.25, -0.2) is 9.97 Å². The van der Waals surface area contributed by atoms with Gasteiger partial charge in [0.2, 0.25) is 0 Å². The van der Waals surface area contributed by atoms with Crippen molar-refractivity contribution >= 4 is 33.9 Å². The Balaban J connectivity index is 2.50. The number of aromatic amines is 1. The molecule has 2 rings (SSSR count). The number of thiazole rings is 1. The molecule has 18 heavy (non-hydrogen) atoms. The second-order valence-electron chi connectivity index (χ2n) is 4.57. The van der Waals surface area contributed by atoms with Gasteiger partial charge >= 0.3 is 0 Å². The molecule has 0 radical (unpaired) electrons. The number of nitrogens with one attached hydrogen (secondary N) is 1. The van der Waals surface area contributed by atoms with Crippen molar-refractivity contribution < 1.29 is 0 Å². The Morgan fingerprint density at radius 3 is 2.72 bits per heavy atom. The Labute approximate surface area is 123 Å². The van der Waals surface area contributed by atoms with Gasteiger partial charge in [0.05, 0.1) is 9.26 Å². The fraction of sp³-hybridized carbons (Fsp3) is 0.417. The largest absolute Gasteiger partial charge is 0.304 e. The van der Waals surface area contributed by atoms with Crippen LogP contribution < -0.4 is 5.56 Å². The van der Waals surface area contributed by atoms with Crippen molar-refractivity contribution in [2.24, 2.45) is 5.92 Å². The van der Waals surface area contributed by atoms with Crippen LogP contribution in [0.3, 0.4) is 0 Å². The summed E-state index contributed by atoms with van der Waals surface area (Å²) in [4.78, 5) is 23.6. The fourth-order valence-corrected chi connectivity index (χ4v) is 2.81. The lowest BCUT2D eigenvalue weighted by Crippen LogP contribution is -2.17. The zero-order valence-corrected chi connectivity index (χ0v) is 13.4. The zero-order valence-electron chi connectivity index (χ0n) is 10.5. The van der Waals surface area contributed by atoms with Crippen LogP contribution in [0.2, 0.25) is 0 Å².